The van der Waals surface area contributed by atoms with Crippen LogP contribution in [0, 0.1) is 0 Å². The molecule has 192 valence electrons. The van der Waals surface area contributed by atoms with Gasteiger partial charge in [-0.25, -0.2) is 0 Å². The number of thioether (sulfide) groups is 1. The van der Waals surface area contributed by atoms with E-state index in [1.807, 2.05) is 35.2 Å². The summed E-state index contributed by atoms with van der Waals surface area (Å²) in [5.74, 6) is 0.575. The van der Waals surface area contributed by atoms with Crippen LogP contribution in [0.1, 0.15) is 43.0 Å². The fraction of sp³-hybridized carbons (Fsp3) is 0.167. The highest BCUT2D eigenvalue weighted by molar-refractivity contribution is 8.00. The SMILES string of the molecule is O=C(Nc1ccccc1C(=O)NCc1ccco1)c1ccc([C@H]2SCC(=O)N2CCc2ccccc2)cc1. The minimum absolute atomic E-state index is 0.0816. The summed E-state index contributed by atoms with van der Waals surface area (Å²) in [6, 6.07) is 27.8. The van der Waals surface area contributed by atoms with Gasteiger partial charge in [0.05, 0.1) is 29.8 Å². The summed E-state index contributed by atoms with van der Waals surface area (Å²) in [7, 11) is 0. The van der Waals surface area contributed by atoms with Crippen molar-refractivity contribution in [2.45, 2.75) is 18.3 Å². The van der Waals surface area contributed by atoms with Gasteiger partial charge in [-0.15, -0.1) is 11.8 Å². The van der Waals surface area contributed by atoms with E-state index in [0.29, 0.717) is 34.9 Å². The second kappa shape index (κ2) is 11.8. The number of carbonyl (C=O) groups is 3. The molecule has 0 spiro atoms. The second-order valence-corrected chi connectivity index (χ2v) is 9.94. The smallest absolute Gasteiger partial charge is 0.255 e. The number of amides is 3. The Balaban J connectivity index is 1.23. The first-order valence-electron chi connectivity index (χ1n) is 12.3. The highest BCUT2D eigenvalue weighted by Gasteiger charge is 2.32. The van der Waals surface area contributed by atoms with E-state index in [4.69, 9.17) is 4.42 Å². The van der Waals surface area contributed by atoms with Crippen LogP contribution >= 0.6 is 11.8 Å². The number of furan rings is 1. The van der Waals surface area contributed by atoms with Crippen molar-refractivity contribution in [1.82, 2.24) is 10.2 Å². The average molecular weight is 526 g/mol. The molecule has 5 rings (SSSR count). The number of para-hydroxylation sites is 1. The lowest BCUT2D eigenvalue weighted by atomic mass is 10.1. The van der Waals surface area contributed by atoms with Gasteiger partial charge in [0, 0.05) is 12.1 Å². The summed E-state index contributed by atoms with van der Waals surface area (Å²) < 4.78 is 5.26. The molecule has 1 aromatic heterocycles. The van der Waals surface area contributed by atoms with E-state index in [2.05, 4.69) is 22.8 Å². The van der Waals surface area contributed by atoms with Gasteiger partial charge >= 0.3 is 0 Å². The molecule has 1 atom stereocenters. The molecule has 3 amide bonds. The molecular formula is C30H27N3O4S. The van der Waals surface area contributed by atoms with Crippen molar-refractivity contribution < 1.29 is 18.8 Å². The molecular weight excluding hydrogens is 498 g/mol. The molecule has 2 N–H and O–H groups in total. The van der Waals surface area contributed by atoms with Crippen LogP contribution in [0.25, 0.3) is 0 Å². The topological polar surface area (TPSA) is 91.6 Å². The maximum atomic E-state index is 13.0. The number of hydrogen-bond acceptors (Lipinski definition) is 5. The molecule has 2 heterocycles. The first-order chi connectivity index (χ1) is 18.6. The monoisotopic (exact) mass is 525 g/mol. The fourth-order valence-corrected chi connectivity index (χ4v) is 5.54. The molecule has 7 nitrogen and oxygen atoms in total. The highest BCUT2D eigenvalue weighted by atomic mass is 32.2. The lowest BCUT2D eigenvalue weighted by molar-refractivity contribution is -0.128. The van der Waals surface area contributed by atoms with Crippen molar-refractivity contribution in [2.24, 2.45) is 0 Å². The van der Waals surface area contributed by atoms with Crippen LogP contribution in [0.15, 0.2) is 102 Å². The lowest BCUT2D eigenvalue weighted by Gasteiger charge is -2.24. The molecule has 4 aromatic rings. The molecule has 1 aliphatic heterocycles. The van der Waals surface area contributed by atoms with Crippen LogP contribution < -0.4 is 10.6 Å². The zero-order chi connectivity index (χ0) is 26.3. The number of benzene rings is 3. The largest absolute Gasteiger partial charge is 0.467 e. The summed E-state index contributed by atoms with van der Waals surface area (Å²) in [6.45, 7) is 0.890. The van der Waals surface area contributed by atoms with Gasteiger partial charge in [-0.2, -0.15) is 0 Å². The van der Waals surface area contributed by atoms with E-state index in [1.54, 1.807) is 66.6 Å². The number of hydrogen-bond donors (Lipinski definition) is 2. The summed E-state index contributed by atoms with van der Waals surface area (Å²) >= 11 is 1.60. The van der Waals surface area contributed by atoms with Gasteiger partial charge in [0.1, 0.15) is 11.1 Å². The molecule has 1 fully saturated rings. The summed E-state index contributed by atoms with van der Waals surface area (Å²) in [6.07, 6.45) is 2.34. The van der Waals surface area contributed by atoms with Gasteiger partial charge in [-0.3, -0.25) is 14.4 Å². The molecule has 1 saturated heterocycles. The Morgan fingerprint density at radius 3 is 2.42 bits per heavy atom. The Kier molecular flexibility index (Phi) is 7.89. The van der Waals surface area contributed by atoms with Crippen molar-refractivity contribution in [1.29, 1.82) is 0 Å². The van der Waals surface area contributed by atoms with Crippen LogP contribution in [0.2, 0.25) is 0 Å². The van der Waals surface area contributed by atoms with Crippen molar-refractivity contribution in [2.75, 3.05) is 17.6 Å². The Labute approximate surface area is 225 Å². The zero-order valence-corrected chi connectivity index (χ0v) is 21.4. The van der Waals surface area contributed by atoms with E-state index in [1.165, 1.54) is 5.56 Å². The Morgan fingerprint density at radius 2 is 1.66 bits per heavy atom. The quantitative estimate of drug-likeness (QED) is 0.310. The number of rotatable bonds is 9. The Bertz CT molecular complexity index is 1410. The third kappa shape index (κ3) is 5.98. The lowest BCUT2D eigenvalue weighted by Crippen LogP contribution is -2.30. The van der Waals surface area contributed by atoms with Gasteiger partial charge in [0.25, 0.3) is 11.8 Å². The highest BCUT2D eigenvalue weighted by Crippen LogP contribution is 2.38. The number of nitrogens with zero attached hydrogens (tertiary/aromatic N) is 1. The molecule has 0 saturated carbocycles. The average Bonchev–Trinajstić information content (AvgIpc) is 3.61. The maximum Gasteiger partial charge on any atom is 0.255 e. The second-order valence-electron chi connectivity index (χ2n) is 8.87. The summed E-state index contributed by atoms with van der Waals surface area (Å²) in [5.41, 5.74) is 3.41. The molecule has 8 heteroatoms. The third-order valence-corrected chi connectivity index (χ3v) is 7.59. The predicted octanol–water partition coefficient (Wildman–Crippen LogP) is 5.28. The van der Waals surface area contributed by atoms with Gasteiger partial charge in [0.2, 0.25) is 5.91 Å². The molecule has 0 unspecified atom stereocenters. The normalized spacial score (nSPS) is 14.9. The molecule has 3 aromatic carbocycles. The first kappa shape index (κ1) is 25.4. The standard InChI is InChI=1S/C30H27N3O4S/c34-27-20-38-30(33(27)17-16-21-7-2-1-3-8-21)23-14-12-22(13-15-23)28(35)32-26-11-5-4-10-25(26)29(36)31-19-24-9-6-18-37-24/h1-15,18,30H,16-17,19-20H2,(H,31,36)(H,32,35)/t30-/m1/s1. The fourth-order valence-electron chi connectivity index (χ4n) is 4.33. The van der Waals surface area contributed by atoms with E-state index in [9.17, 15) is 14.4 Å². The van der Waals surface area contributed by atoms with Crippen molar-refractivity contribution in [3.05, 3.63) is 125 Å². The molecule has 38 heavy (non-hydrogen) atoms. The van der Waals surface area contributed by atoms with Crippen molar-refractivity contribution in [3.63, 3.8) is 0 Å². The van der Waals surface area contributed by atoms with Crippen LogP contribution in [0.3, 0.4) is 0 Å². The van der Waals surface area contributed by atoms with Crippen LogP contribution in [0.5, 0.6) is 0 Å². The van der Waals surface area contributed by atoms with Crippen molar-refractivity contribution in [3.8, 4) is 0 Å². The predicted molar refractivity (Wildman–Crippen MR) is 148 cm³/mol. The van der Waals surface area contributed by atoms with Crippen LogP contribution in [0.4, 0.5) is 5.69 Å². The van der Waals surface area contributed by atoms with E-state index in [0.717, 1.165) is 12.0 Å². The van der Waals surface area contributed by atoms with Crippen LogP contribution in [-0.2, 0) is 17.8 Å². The zero-order valence-electron chi connectivity index (χ0n) is 20.6. The first-order valence-corrected chi connectivity index (χ1v) is 13.4. The van der Waals surface area contributed by atoms with Gasteiger partial charge in [-0.05, 0) is 53.9 Å². The number of nitrogens with one attached hydrogen (secondary N) is 2. The Morgan fingerprint density at radius 1 is 0.895 bits per heavy atom. The third-order valence-electron chi connectivity index (χ3n) is 6.33. The summed E-state index contributed by atoms with van der Waals surface area (Å²) in [4.78, 5) is 40.2. The van der Waals surface area contributed by atoms with Crippen LogP contribution in [-0.4, -0.2) is 34.9 Å². The van der Waals surface area contributed by atoms with Crippen molar-refractivity contribution >= 4 is 35.2 Å². The van der Waals surface area contributed by atoms with Gasteiger partial charge < -0.3 is 20.0 Å². The molecule has 0 bridgehead atoms. The molecule has 0 aliphatic carbocycles. The number of carbonyl (C=O) groups excluding carboxylic acids is 3. The minimum atomic E-state index is -0.320. The molecule has 0 radical (unpaired) electrons. The van der Waals surface area contributed by atoms with E-state index >= 15 is 0 Å². The Hall–Kier alpha value is -4.30. The summed E-state index contributed by atoms with van der Waals surface area (Å²) in [5, 5.41) is 5.57. The van der Waals surface area contributed by atoms with E-state index in [-0.39, 0.29) is 29.6 Å². The molecule has 1 aliphatic rings. The maximum absolute atomic E-state index is 13.0. The number of anilines is 1. The van der Waals surface area contributed by atoms with E-state index < -0.39 is 0 Å². The van der Waals surface area contributed by atoms with Gasteiger partial charge in [-0.1, -0.05) is 54.6 Å². The van der Waals surface area contributed by atoms with Gasteiger partial charge in [0.15, 0.2) is 0 Å². The minimum Gasteiger partial charge on any atom is -0.467 e.